The quantitative estimate of drug-likeness (QED) is 0.184. The van der Waals surface area contributed by atoms with Crippen molar-refractivity contribution >= 4 is 10.9 Å². The molecule has 0 bridgehead atoms. The summed E-state index contributed by atoms with van der Waals surface area (Å²) in [5.41, 5.74) is 14.8. The van der Waals surface area contributed by atoms with Gasteiger partial charge in [0.05, 0.1) is 16.6 Å². The van der Waals surface area contributed by atoms with Crippen molar-refractivity contribution in [1.82, 2.24) is 9.97 Å². The van der Waals surface area contributed by atoms with Crippen LogP contribution < -0.4 is 4.74 Å². The molecule has 3 nitrogen and oxygen atoms in total. The number of ether oxygens (including phenoxy) is 1. The van der Waals surface area contributed by atoms with Gasteiger partial charge in [0.15, 0.2) is 5.82 Å². The van der Waals surface area contributed by atoms with E-state index in [1.807, 2.05) is 12.1 Å². The molecule has 0 saturated heterocycles. The molecular formula is C51H34N2O. The maximum absolute atomic E-state index is 6.66. The van der Waals surface area contributed by atoms with Crippen molar-refractivity contribution in [3.63, 3.8) is 0 Å². The summed E-state index contributed by atoms with van der Waals surface area (Å²) in [6.07, 6.45) is 8.81. The average Bonchev–Trinajstić information content (AvgIpc) is 3.54. The standard InChI is InChI=1S/C51H34N2O/c1-2-13-33(14-3-1)34-25-29-36(30-26-34)49-40-16-5-9-22-45(40)52-50(53-49)37-31-27-35(28-32-37)38-17-12-21-44-48(38)39-15-4-6-18-41(39)51(44)42-19-7-10-23-46(42)54-47-24-11-8-20-43(47)51/h1-32,42,46H. The van der Waals surface area contributed by atoms with Gasteiger partial charge in [-0.05, 0) is 62.7 Å². The highest BCUT2D eigenvalue weighted by molar-refractivity contribution is 5.96. The van der Waals surface area contributed by atoms with Crippen molar-refractivity contribution in [2.75, 3.05) is 0 Å². The first kappa shape index (κ1) is 30.8. The molecule has 1 spiro atoms. The van der Waals surface area contributed by atoms with Gasteiger partial charge in [-0.3, -0.25) is 0 Å². The van der Waals surface area contributed by atoms with Crippen LogP contribution in [-0.4, -0.2) is 16.1 Å². The highest BCUT2D eigenvalue weighted by Gasteiger charge is 2.56. The zero-order chi connectivity index (χ0) is 35.6. The number of para-hydroxylation sites is 2. The Morgan fingerprint density at radius 2 is 1.07 bits per heavy atom. The fraction of sp³-hybridized carbons (Fsp3) is 0.0588. The predicted octanol–water partition coefficient (Wildman–Crippen LogP) is 12.1. The van der Waals surface area contributed by atoms with E-state index in [1.54, 1.807) is 0 Å². The van der Waals surface area contributed by atoms with Gasteiger partial charge in [-0.15, -0.1) is 0 Å². The van der Waals surface area contributed by atoms with Crippen LogP contribution >= 0.6 is 0 Å². The van der Waals surface area contributed by atoms with E-state index in [1.165, 1.54) is 44.5 Å². The van der Waals surface area contributed by atoms with Crippen molar-refractivity contribution in [2.45, 2.75) is 11.5 Å². The Balaban J connectivity index is 1.03. The summed E-state index contributed by atoms with van der Waals surface area (Å²) >= 11 is 0. The third-order valence-corrected chi connectivity index (χ3v) is 11.6. The molecule has 0 amide bonds. The van der Waals surface area contributed by atoms with Crippen molar-refractivity contribution in [2.24, 2.45) is 5.92 Å². The monoisotopic (exact) mass is 690 g/mol. The molecule has 0 saturated carbocycles. The molecule has 8 aromatic rings. The summed E-state index contributed by atoms with van der Waals surface area (Å²) in [5.74, 6) is 1.79. The predicted molar refractivity (Wildman–Crippen MR) is 219 cm³/mol. The molecule has 11 rings (SSSR count). The normalized spacial score (nSPS) is 18.8. The van der Waals surface area contributed by atoms with Crippen LogP contribution in [0.25, 0.3) is 66.9 Å². The Bertz CT molecular complexity index is 2800. The molecular weight excluding hydrogens is 657 g/mol. The Morgan fingerprint density at radius 1 is 0.444 bits per heavy atom. The SMILES string of the molecule is C1=CC2Oc3ccccc3C3(c4ccccc4-c4c(-c5ccc(-c6nc(-c7ccc(-c8ccccc8)cc7)c7ccccc7n6)cc5)cccc43)C2C=C1. The van der Waals surface area contributed by atoms with Gasteiger partial charge in [0, 0.05) is 28.0 Å². The first-order chi connectivity index (χ1) is 26.8. The van der Waals surface area contributed by atoms with E-state index in [9.17, 15) is 0 Å². The molecule has 0 fully saturated rings. The summed E-state index contributed by atoms with van der Waals surface area (Å²) in [6.45, 7) is 0. The van der Waals surface area contributed by atoms with Crippen molar-refractivity contribution in [3.05, 3.63) is 211 Å². The van der Waals surface area contributed by atoms with Gasteiger partial charge in [-0.2, -0.15) is 0 Å². The fourth-order valence-corrected chi connectivity index (χ4v) is 9.24. The maximum atomic E-state index is 6.66. The summed E-state index contributed by atoms with van der Waals surface area (Å²) in [6, 6.07) is 60.7. The molecule has 2 aliphatic carbocycles. The maximum Gasteiger partial charge on any atom is 0.160 e. The minimum atomic E-state index is -0.378. The Hall–Kier alpha value is -6.84. The zero-order valence-electron chi connectivity index (χ0n) is 29.4. The first-order valence-corrected chi connectivity index (χ1v) is 18.7. The molecule has 7 aromatic carbocycles. The van der Waals surface area contributed by atoms with Crippen molar-refractivity contribution < 1.29 is 4.74 Å². The van der Waals surface area contributed by atoms with E-state index in [-0.39, 0.29) is 17.4 Å². The lowest BCUT2D eigenvalue weighted by Gasteiger charge is -2.47. The minimum absolute atomic E-state index is 0.0551. The molecule has 3 heteroatoms. The van der Waals surface area contributed by atoms with Crippen LogP contribution in [0.3, 0.4) is 0 Å². The van der Waals surface area contributed by atoms with Crippen LogP contribution in [0.1, 0.15) is 16.7 Å². The van der Waals surface area contributed by atoms with E-state index < -0.39 is 0 Å². The number of hydrogen-bond donors (Lipinski definition) is 0. The third-order valence-electron chi connectivity index (χ3n) is 11.6. The molecule has 0 radical (unpaired) electrons. The lowest BCUT2D eigenvalue weighted by Crippen LogP contribution is -2.47. The van der Waals surface area contributed by atoms with Gasteiger partial charge in [-0.1, -0.05) is 176 Å². The van der Waals surface area contributed by atoms with Crippen molar-refractivity contribution in [3.8, 4) is 61.8 Å². The summed E-state index contributed by atoms with van der Waals surface area (Å²) in [7, 11) is 0. The molecule has 0 N–H and O–H groups in total. The Labute approximate surface area is 314 Å². The second kappa shape index (κ2) is 12.1. The zero-order valence-corrected chi connectivity index (χ0v) is 29.4. The number of nitrogens with zero attached hydrogens (tertiary/aromatic N) is 2. The van der Waals surface area contributed by atoms with Crippen LogP contribution in [-0.2, 0) is 5.41 Å². The third kappa shape index (κ3) is 4.55. The molecule has 1 aromatic heterocycles. The molecule has 254 valence electrons. The van der Waals surface area contributed by atoms with Crippen LogP contribution in [0.5, 0.6) is 5.75 Å². The van der Waals surface area contributed by atoms with E-state index in [4.69, 9.17) is 14.7 Å². The van der Waals surface area contributed by atoms with Gasteiger partial charge in [-0.25, -0.2) is 9.97 Å². The summed E-state index contributed by atoms with van der Waals surface area (Å²) in [5, 5.41) is 1.04. The number of fused-ring (bicyclic) bond motifs is 10. The van der Waals surface area contributed by atoms with Crippen LogP contribution in [0, 0.1) is 5.92 Å². The van der Waals surface area contributed by atoms with Crippen LogP contribution in [0.2, 0.25) is 0 Å². The highest BCUT2D eigenvalue weighted by atomic mass is 16.5. The first-order valence-electron chi connectivity index (χ1n) is 18.7. The topological polar surface area (TPSA) is 35.0 Å². The number of rotatable bonds is 4. The molecule has 3 unspecified atom stereocenters. The van der Waals surface area contributed by atoms with E-state index in [0.29, 0.717) is 5.82 Å². The fourth-order valence-electron chi connectivity index (χ4n) is 9.24. The minimum Gasteiger partial charge on any atom is -0.485 e. The number of hydrogen-bond acceptors (Lipinski definition) is 3. The van der Waals surface area contributed by atoms with Crippen LogP contribution in [0.4, 0.5) is 0 Å². The number of benzene rings is 7. The summed E-state index contributed by atoms with van der Waals surface area (Å²) < 4.78 is 6.66. The number of aromatic nitrogens is 2. The van der Waals surface area contributed by atoms with E-state index in [2.05, 4.69) is 182 Å². The van der Waals surface area contributed by atoms with E-state index in [0.717, 1.165) is 39.0 Å². The Morgan fingerprint density at radius 3 is 1.94 bits per heavy atom. The molecule has 3 aliphatic rings. The van der Waals surface area contributed by atoms with Gasteiger partial charge in [0.2, 0.25) is 0 Å². The smallest absolute Gasteiger partial charge is 0.160 e. The molecule has 2 heterocycles. The lowest BCUT2D eigenvalue weighted by molar-refractivity contribution is 0.141. The number of allylic oxidation sites excluding steroid dienone is 2. The van der Waals surface area contributed by atoms with Crippen molar-refractivity contribution in [1.29, 1.82) is 0 Å². The van der Waals surface area contributed by atoms with Gasteiger partial charge >= 0.3 is 0 Å². The molecule has 54 heavy (non-hydrogen) atoms. The molecule has 1 aliphatic heterocycles. The Kier molecular flexibility index (Phi) is 6.90. The van der Waals surface area contributed by atoms with Gasteiger partial charge in [0.25, 0.3) is 0 Å². The van der Waals surface area contributed by atoms with Crippen LogP contribution in [0.15, 0.2) is 194 Å². The lowest BCUT2D eigenvalue weighted by atomic mass is 9.60. The van der Waals surface area contributed by atoms with Gasteiger partial charge < -0.3 is 4.74 Å². The van der Waals surface area contributed by atoms with Gasteiger partial charge in [0.1, 0.15) is 11.9 Å². The molecule has 3 atom stereocenters. The summed E-state index contributed by atoms with van der Waals surface area (Å²) in [4.78, 5) is 10.3. The average molecular weight is 691 g/mol. The largest absolute Gasteiger partial charge is 0.485 e. The van der Waals surface area contributed by atoms with E-state index >= 15 is 0 Å². The second-order valence-corrected chi connectivity index (χ2v) is 14.4. The second-order valence-electron chi connectivity index (χ2n) is 14.4. The highest BCUT2D eigenvalue weighted by Crippen LogP contribution is 2.63.